The summed E-state index contributed by atoms with van der Waals surface area (Å²) < 4.78 is 7.80. The Morgan fingerprint density at radius 1 is 1.24 bits per heavy atom. The van der Waals surface area contributed by atoms with Gasteiger partial charge < -0.3 is 14.3 Å². The Labute approximate surface area is 124 Å². The number of hydrogen-bond acceptors (Lipinski definition) is 3. The summed E-state index contributed by atoms with van der Waals surface area (Å²) in [6.45, 7) is 8.87. The van der Waals surface area contributed by atoms with E-state index in [2.05, 4.69) is 47.8 Å². The number of nitrogens with one attached hydrogen (secondary N) is 1. The third-order valence-corrected chi connectivity index (χ3v) is 3.95. The van der Waals surface area contributed by atoms with E-state index in [1.54, 1.807) is 6.26 Å². The Morgan fingerprint density at radius 3 is 2.86 bits per heavy atom. The molecule has 0 unspecified atom stereocenters. The fourth-order valence-electron chi connectivity index (χ4n) is 2.52. The van der Waals surface area contributed by atoms with Gasteiger partial charge in [0.15, 0.2) is 0 Å². The van der Waals surface area contributed by atoms with Gasteiger partial charge in [0.2, 0.25) is 0 Å². The van der Waals surface area contributed by atoms with Gasteiger partial charge in [-0.1, -0.05) is 6.92 Å². The molecule has 2 aromatic heterocycles. The average Bonchev–Trinajstić information content (AvgIpc) is 3.06. The van der Waals surface area contributed by atoms with Gasteiger partial charge in [0.25, 0.3) is 0 Å². The monoisotopic (exact) mass is 283 g/mol. The number of rotatable bonds is 5. The van der Waals surface area contributed by atoms with Crippen LogP contribution < -0.4 is 5.32 Å². The number of hydrogen-bond donors (Lipinski definition) is 1. The van der Waals surface area contributed by atoms with E-state index in [0.29, 0.717) is 6.54 Å². The van der Waals surface area contributed by atoms with Crippen molar-refractivity contribution in [1.29, 1.82) is 0 Å². The second-order valence-corrected chi connectivity index (χ2v) is 5.45. The molecule has 0 amide bonds. The normalized spacial score (nSPS) is 11.4. The van der Waals surface area contributed by atoms with Crippen LogP contribution >= 0.6 is 0 Å². The predicted molar refractivity (Wildman–Crippen MR) is 84.4 cm³/mol. The van der Waals surface area contributed by atoms with Gasteiger partial charge in [0.1, 0.15) is 5.76 Å². The zero-order valence-electron chi connectivity index (χ0n) is 12.8. The maximum atomic E-state index is 5.65. The molecule has 21 heavy (non-hydrogen) atoms. The van der Waals surface area contributed by atoms with E-state index in [9.17, 15) is 0 Å². The third kappa shape index (κ3) is 2.72. The van der Waals surface area contributed by atoms with Gasteiger partial charge in [-0.25, -0.2) is 4.98 Å². The largest absolute Gasteiger partial charge is 0.467 e. The van der Waals surface area contributed by atoms with Crippen LogP contribution in [0.15, 0.2) is 35.2 Å². The number of furan rings is 1. The molecule has 0 saturated carbocycles. The first-order valence-corrected chi connectivity index (χ1v) is 7.37. The molecule has 0 fully saturated rings. The molecule has 2 heterocycles. The van der Waals surface area contributed by atoms with Crippen molar-refractivity contribution in [1.82, 2.24) is 14.9 Å². The van der Waals surface area contributed by atoms with Gasteiger partial charge in [0, 0.05) is 12.1 Å². The Morgan fingerprint density at radius 2 is 2.05 bits per heavy atom. The fourth-order valence-corrected chi connectivity index (χ4v) is 2.52. The van der Waals surface area contributed by atoms with Crippen molar-refractivity contribution in [3.63, 3.8) is 0 Å². The van der Waals surface area contributed by atoms with E-state index in [4.69, 9.17) is 4.42 Å². The number of imidazole rings is 1. The summed E-state index contributed by atoms with van der Waals surface area (Å²) in [4.78, 5) is 4.50. The molecular weight excluding hydrogens is 262 g/mol. The van der Waals surface area contributed by atoms with Crippen LogP contribution in [-0.2, 0) is 13.1 Å². The van der Waals surface area contributed by atoms with Crippen LogP contribution in [0.25, 0.3) is 11.0 Å². The summed E-state index contributed by atoms with van der Waals surface area (Å²) in [5, 5.41) is 3.34. The highest BCUT2D eigenvalue weighted by Gasteiger charge is 2.10. The minimum atomic E-state index is 0.715. The van der Waals surface area contributed by atoms with E-state index >= 15 is 0 Å². The zero-order chi connectivity index (χ0) is 14.8. The van der Waals surface area contributed by atoms with Crippen LogP contribution in [-0.4, -0.2) is 16.1 Å². The van der Waals surface area contributed by atoms with Crippen molar-refractivity contribution in [2.75, 3.05) is 6.54 Å². The Bertz CT molecular complexity index is 755. The summed E-state index contributed by atoms with van der Waals surface area (Å²) in [7, 11) is 0. The van der Waals surface area contributed by atoms with Gasteiger partial charge in [-0.15, -0.1) is 0 Å². The molecule has 0 aliphatic heterocycles. The molecule has 4 nitrogen and oxygen atoms in total. The van der Waals surface area contributed by atoms with E-state index in [1.807, 2.05) is 12.4 Å². The van der Waals surface area contributed by atoms with Crippen LogP contribution in [0.3, 0.4) is 0 Å². The van der Waals surface area contributed by atoms with E-state index in [0.717, 1.165) is 29.9 Å². The van der Waals surface area contributed by atoms with Crippen molar-refractivity contribution in [3.8, 4) is 0 Å². The predicted octanol–water partition coefficient (Wildman–Crippen LogP) is 3.40. The number of aromatic nitrogens is 2. The summed E-state index contributed by atoms with van der Waals surface area (Å²) in [5.41, 5.74) is 5.97. The molecule has 0 saturated heterocycles. The molecule has 0 aliphatic carbocycles. The maximum Gasteiger partial charge on any atom is 0.127 e. The van der Waals surface area contributed by atoms with Crippen LogP contribution in [0.4, 0.5) is 0 Å². The second-order valence-electron chi connectivity index (χ2n) is 5.45. The molecule has 110 valence electrons. The van der Waals surface area contributed by atoms with Gasteiger partial charge in [-0.05, 0) is 49.7 Å². The lowest BCUT2D eigenvalue weighted by atomic mass is 10.1. The van der Waals surface area contributed by atoms with Gasteiger partial charge in [-0.2, -0.15) is 0 Å². The number of aryl methyl sites for hydroxylation is 2. The van der Waals surface area contributed by atoms with Crippen molar-refractivity contribution in [2.45, 2.75) is 33.9 Å². The van der Waals surface area contributed by atoms with E-state index < -0.39 is 0 Å². The lowest BCUT2D eigenvalue weighted by Crippen LogP contribution is -2.13. The summed E-state index contributed by atoms with van der Waals surface area (Å²) in [5.74, 6) is 0.994. The third-order valence-electron chi connectivity index (χ3n) is 3.95. The summed E-state index contributed by atoms with van der Waals surface area (Å²) >= 11 is 0. The maximum absolute atomic E-state index is 5.65. The molecule has 1 aromatic carbocycles. The van der Waals surface area contributed by atoms with Crippen molar-refractivity contribution < 1.29 is 4.42 Å². The topological polar surface area (TPSA) is 43.0 Å². The zero-order valence-corrected chi connectivity index (χ0v) is 12.8. The standard InChI is InChI=1S/C17H21N3O/c1-4-18-9-14-5-6-21-17(14)10-20-11-19-15-7-12(2)13(3)8-16(15)20/h5-8,11,18H,4,9-10H2,1-3H3. The minimum absolute atomic E-state index is 0.715. The lowest BCUT2D eigenvalue weighted by Gasteiger charge is -2.07. The highest BCUT2D eigenvalue weighted by molar-refractivity contribution is 5.77. The number of fused-ring (bicyclic) bond motifs is 1. The van der Waals surface area contributed by atoms with Gasteiger partial charge in [-0.3, -0.25) is 0 Å². The second kappa shape index (κ2) is 5.74. The highest BCUT2D eigenvalue weighted by Crippen LogP contribution is 2.20. The molecule has 0 spiro atoms. The summed E-state index contributed by atoms with van der Waals surface area (Å²) in [6, 6.07) is 6.37. The molecule has 0 radical (unpaired) electrons. The Hall–Kier alpha value is -2.07. The molecule has 0 aliphatic rings. The quantitative estimate of drug-likeness (QED) is 0.780. The smallest absolute Gasteiger partial charge is 0.127 e. The van der Waals surface area contributed by atoms with Crippen molar-refractivity contribution in [2.24, 2.45) is 0 Å². The lowest BCUT2D eigenvalue weighted by molar-refractivity contribution is 0.488. The van der Waals surface area contributed by atoms with Crippen LogP contribution in [0.1, 0.15) is 29.4 Å². The SMILES string of the molecule is CCNCc1ccoc1Cn1cnc2cc(C)c(C)cc21. The first-order valence-electron chi connectivity index (χ1n) is 7.37. The number of benzene rings is 1. The van der Waals surface area contributed by atoms with Gasteiger partial charge >= 0.3 is 0 Å². The molecular formula is C17H21N3O. The van der Waals surface area contributed by atoms with Crippen molar-refractivity contribution in [3.05, 3.63) is 53.2 Å². The molecule has 0 atom stereocenters. The molecule has 3 rings (SSSR count). The molecule has 3 aromatic rings. The first kappa shape index (κ1) is 13.9. The molecule has 1 N–H and O–H groups in total. The Balaban J connectivity index is 1.92. The molecule has 4 heteroatoms. The Kier molecular flexibility index (Phi) is 3.80. The van der Waals surface area contributed by atoms with Crippen LogP contribution in [0.2, 0.25) is 0 Å². The van der Waals surface area contributed by atoms with E-state index in [1.165, 1.54) is 16.7 Å². The van der Waals surface area contributed by atoms with Crippen LogP contribution in [0, 0.1) is 13.8 Å². The van der Waals surface area contributed by atoms with Crippen molar-refractivity contribution >= 4 is 11.0 Å². The van der Waals surface area contributed by atoms with Gasteiger partial charge in [0.05, 0.1) is 30.2 Å². The number of nitrogens with zero attached hydrogens (tertiary/aromatic N) is 2. The highest BCUT2D eigenvalue weighted by atomic mass is 16.3. The minimum Gasteiger partial charge on any atom is -0.467 e. The summed E-state index contributed by atoms with van der Waals surface area (Å²) in [6.07, 6.45) is 3.65. The van der Waals surface area contributed by atoms with Crippen LogP contribution in [0.5, 0.6) is 0 Å². The first-order chi connectivity index (χ1) is 10.2. The molecule has 0 bridgehead atoms. The average molecular weight is 283 g/mol. The fraction of sp³-hybridized carbons (Fsp3) is 0.353. The van der Waals surface area contributed by atoms with E-state index in [-0.39, 0.29) is 0 Å².